The number of carbonyl (C=O) groups excluding carboxylic acids is 4. The molecule has 0 aliphatic carbocycles. The SMILES string of the molecule is COCCN1CC(=O)N[C@@H](C(=O)N2CCC(F)(F)CC2)Cc2ccc(cc2)OCC(=O)N[C@@H](CC(C)C)C1=O. The van der Waals surface area contributed by atoms with Gasteiger partial charge in [0, 0.05) is 46.0 Å². The van der Waals surface area contributed by atoms with Crippen LogP contribution in [0.3, 0.4) is 0 Å². The summed E-state index contributed by atoms with van der Waals surface area (Å²) in [6, 6.07) is 4.80. The second kappa shape index (κ2) is 13.7. The Morgan fingerprint density at radius 1 is 1.10 bits per heavy atom. The van der Waals surface area contributed by atoms with Crippen LogP contribution < -0.4 is 15.4 Å². The molecule has 3 aliphatic heterocycles. The lowest BCUT2D eigenvalue weighted by Gasteiger charge is -2.34. The second-order valence-corrected chi connectivity index (χ2v) is 10.4. The lowest BCUT2D eigenvalue weighted by Crippen LogP contribution is -2.56. The second-order valence-electron chi connectivity index (χ2n) is 10.4. The number of carbonyl (C=O) groups is 4. The van der Waals surface area contributed by atoms with Crippen LogP contribution in [0.2, 0.25) is 0 Å². The molecule has 1 aromatic carbocycles. The normalized spacial score (nSPS) is 22.9. The molecule has 0 radical (unpaired) electrons. The minimum Gasteiger partial charge on any atom is -0.484 e. The van der Waals surface area contributed by atoms with E-state index in [9.17, 15) is 28.0 Å². The summed E-state index contributed by atoms with van der Waals surface area (Å²) in [6.45, 7) is 3.17. The molecule has 0 spiro atoms. The van der Waals surface area contributed by atoms with Crippen molar-refractivity contribution in [2.75, 3.05) is 46.5 Å². The van der Waals surface area contributed by atoms with Crippen LogP contribution in [0.5, 0.6) is 5.75 Å². The molecule has 2 atom stereocenters. The first kappa shape index (κ1) is 30.3. The number of ether oxygens (including phenoxy) is 2. The van der Waals surface area contributed by atoms with Crippen molar-refractivity contribution in [3.05, 3.63) is 29.8 Å². The Morgan fingerprint density at radius 3 is 2.38 bits per heavy atom. The molecule has 0 unspecified atom stereocenters. The van der Waals surface area contributed by atoms with Gasteiger partial charge in [0.25, 0.3) is 11.8 Å². The predicted molar refractivity (Wildman–Crippen MR) is 138 cm³/mol. The van der Waals surface area contributed by atoms with Crippen LogP contribution >= 0.6 is 0 Å². The number of alkyl halides is 2. The average molecular weight is 553 g/mol. The van der Waals surface area contributed by atoms with Gasteiger partial charge in [-0.2, -0.15) is 0 Å². The van der Waals surface area contributed by atoms with Crippen molar-refractivity contribution in [2.24, 2.45) is 5.92 Å². The Balaban J connectivity index is 1.89. The molecule has 4 rings (SSSR count). The number of likely N-dealkylation sites (tertiary alicyclic amines) is 1. The first-order valence-electron chi connectivity index (χ1n) is 13.2. The summed E-state index contributed by atoms with van der Waals surface area (Å²) < 4.78 is 38.1. The van der Waals surface area contributed by atoms with E-state index in [1.807, 2.05) is 13.8 Å². The quantitative estimate of drug-likeness (QED) is 0.515. The number of piperidine rings is 1. The van der Waals surface area contributed by atoms with Crippen LogP contribution in [-0.2, 0) is 30.3 Å². The highest BCUT2D eigenvalue weighted by Gasteiger charge is 2.38. The maximum absolute atomic E-state index is 13.7. The standard InChI is InChI=1S/C27H38F2N4O6/c1-18(2)14-21-26(37)33(12-13-38-3)16-23(34)30-22(25(36)32-10-8-27(28,29)9-11-32)15-19-4-6-20(7-5-19)39-17-24(35)31-21/h4-7,18,21-22H,8-17H2,1-3H3,(H,30,34)(H,31,35)/t21-,22+/m0/s1. The molecule has 2 N–H and O–H groups in total. The average Bonchev–Trinajstić information content (AvgIpc) is 2.88. The summed E-state index contributed by atoms with van der Waals surface area (Å²) >= 11 is 0. The summed E-state index contributed by atoms with van der Waals surface area (Å²) in [5, 5.41) is 5.44. The number of amides is 4. The molecule has 3 heterocycles. The molecule has 0 saturated carbocycles. The molecular weight excluding hydrogens is 514 g/mol. The zero-order chi connectivity index (χ0) is 28.6. The Hall–Kier alpha value is -3.28. The number of hydrogen-bond acceptors (Lipinski definition) is 6. The van der Waals surface area contributed by atoms with Gasteiger partial charge in [-0.1, -0.05) is 26.0 Å². The van der Waals surface area contributed by atoms with Gasteiger partial charge < -0.3 is 29.9 Å². The third kappa shape index (κ3) is 9.15. The fourth-order valence-corrected chi connectivity index (χ4v) is 4.61. The van der Waals surface area contributed by atoms with Gasteiger partial charge in [0.05, 0.1) is 13.2 Å². The number of nitrogens with one attached hydrogen (secondary N) is 2. The molecule has 1 saturated heterocycles. The molecule has 4 amide bonds. The van der Waals surface area contributed by atoms with Crippen LogP contribution in [0.4, 0.5) is 8.78 Å². The van der Waals surface area contributed by atoms with E-state index < -0.39 is 54.5 Å². The van der Waals surface area contributed by atoms with Gasteiger partial charge in [0.2, 0.25) is 17.7 Å². The Morgan fingerprint density at radius 2 is 1.77 bits per heavy atom. The first-order chi connectivity index (χ1) is 18.5. The molecule has 1 aromatic rings. The monoisotopic (exact) mass is 552 g/mol. The van der Waals surface area contributed by atoms with Crippen molar-refractivity contribution in [1.29, 1.82) is 0 Å². The molecule has 3 aliphatic rings. The fraction of sp³-hybridized carbons (Fsp3) is 0.630. The van der Waals surface area contributed by atoms with Gasteiger partial charge in [0.1, 0.15) is 17.8 Å². The highest BCUT2D eigenvalue weighted by Crippen LogP contribution is 2.28. The van der Waals surface area contributed by atoms with Gasteiger partial charge in [0.15, 0.2) is 6.61 Å². The number of fused-ring (bicyclic) bond motifs is 13. The third-order valence-electron chi connectivity index (χ3n) is 6.72. The lowest BCUT2D eigenvalue weighted by molar-refractivity contribution is -0.143. The van der Waals surface area contributed by atoms with Crippen molar-refractivity contribution < 1.29 is 37.4 Å². The maximum Gasteiger partial charge on any atom is 0.258 e. The molecule has 12 heteroatoms. The number of halogens is 2. The van der Waals surface area contributed by atoms with Gasteiger partial charge in [-0.05, 0) is 30.0 Å². The highest BCUT2D eigenvalue weighted by molar-refractivity contribution is 5.93. The number of hydrogen-bond donors (Lipinski definition) is 2. The van der Waals surface area contributed by atoms with Crippen molar-refractivity contribution in [2.45, 2.75) is 57.5 Å². The van der Waals surface area contributed by atoms with Crippen molar-refractivity contribution in [3.8, 4) is 5.75 Å². The molecule has 39 heavy (non-hydrogen) atoms. The van der Waals surface area contributed by atoms with Crippen molar-refractivity contribution in [1.82, 2.24) is 20.4 Å². The van der Waals surface area contributed by atoms with Gasteiger partial charge >= 0.3 is 0 Å². The third-order valence-corrected chi connectivity index (χ3v) is 6.72. The smallest absolute Gasteiger partial charge is 0.258 e. The van der Waals surface area contributed by atoms with Crippen LogP contribution in [-0.4, -0.2) is 97.9 Å². The zero-order valence-electron chi connectivity index (χ0n) is 22.7. The minimum absolute atomic E-state index is 0.0651. The Bertz CT molecular complexity index is 1010. The number of rotatable bonds is 6. The summed E-state index contributed by atoms with van der Waals surface area (Å²) in [4.78, 5) is 55.3. The van der Waals surface area contributed by atoms with E-state index in [4.69, 9.17) is 9.47 Å². The summed E-state index contributed by atoms with van der Waals surface area (Å²) in [6.07, 6.45) is -0.424. The topological polar surface area (TPSA) is 117 Å². The Kier molecular flexibility index (Phi) is 10.6. The summed E-state index contributed by atoms with van der Waals surface area (Å²) in [5.74, 6) is -4.31. The van der Waals surface area contributed by atoms with Crippen LogP contribution in [0.15, 0.2) is 24.3 Å². The molecular formula is C27H38F2N4O6. The molecule has 1 fully saturated rings. The molecule has 0 aromatic heterocycles. The number of nitrogens with zero attached hydrogens (tertiary/aromatic N) is 2. The highest BCUT2D eigenvalue weighted by atomic mass is 19.3. The fourth-order valence-electron chi connectivity index (χ4n) is 4.61. The summed E-state index contributed by atoms with van der Waals surface area (Å²) in [5.41, 5.74) is 0.698. The predicted octanol–water partition coefficient (Wildman–Crippen LogP) is 1.37. The van der Waals surface area contributed by atoms with Crippen LogP contribution in [0.25, 0.3) is 0 Å². The van der Waals surface area contributed by atoms with Gasteiger partial charge in [-0.15, -0.1) is 0 Å². The van der Waals surface area contributed by atoms with Crippen molar-refractivity contribution >= 4 is 23.6 Å². The number of methoxy groups -OCH3 is 1. The zero-order valence-corrected chi connectivity index (χ0v) is 22.7. The van der Waals surface area contributed by atoms with Crippen LogP contribution in [0, 0.1) is 5.92 Å². The lowest BCUT2D eigenvalue weighted by atomic mass is 10.0. The summed E-state index contributed by atoms with van der Waals surface area (Å²) in [7, 11) is 1.47. The van der Waals surface area contributed by atoms with Crippen molar-refractivity contribution in [3.63, 3.8) is 0 Å². The van der Waals surface area contributed by atoms with E-state index in [0.717, 1.165) is 0 Å². The van der Waals surface area contributed by atoms with E-state index in [2.05, 4.69) is 10.6 Å². The first-order valence-corrected chi connectivity index (χ1v) is 13.2. The number of benzene rings is 1. The van der Waals surface area contributed by atoms with Crippen LogP contribution in [0.1, 0.15) is 38.7 Å². The molecule has 10 nitrogen and oxygen atoms in total. The molecule has 2 bridgehead atoms. The van der Waals surface area contributed by atoms with E-state index in [0.29, 0.717) is 17.7 Å². The van der Waals surface area contributed by atoms with E-state index in [1.54, 1.807) is 24.3 Å². The molecule has 216 valence electrons. The maximum atomic E-state index is 13.7. The largest absolute Gasteiger partial charge is 0.484 e. The van der Waals surface area contributed by atoms with E-state index in [-0.39, 0.29) is 51.7 Å². The minimum atomic E-state index is -2.82. The van der Waals surface area contributed by atoms with E-state index in [1.165, 1.54) is 16.9 Å². The Labute approximate surface area is 227 Å². The van der Waals surface area contributed by atoms with Gasteiger partial charge in [-0.3, -0.25) is 19.2 Å². The van der Waals surface area contributed by atoms with Gasteiger partial charge in [-0.25, -0.2) is 8.78 Å². The van der Waals surface area contributed by atoms with E-state index >= 15 is 0 Å².